The molecule has 4 aromatic rings. The van der Waals surface area contributed by atoms with Gasteiger partial charge >= 0.3 is 6.03 Å². The first-order chi connectivity index (χ1) is 18.4. The quantitative estimate of drug-likeness (QED) is 0.323. The number of benzene rings is 2. The van der Waals surface area contributed by atoms with Gasteiger partial charge in [0.25, 0.3) is 0 Å². The van der Waals surface area contributed by atoms with Crippen LogP contribution in [0.2, 0.25) is 0 Å². The molecule has 3 N–H and O–H groups in total. The maximum Gasteiger partial charge on any atom is 0.320 e. The van der Waals surface area contributed by atoms with Crippen molar-refractivity contribution in [3.8, 4) is 16.9 Å². The average molecular weight is 515 g/mol. The van der Waals surface area contributed by atoms with E-state index in [1.54, 1.807) is 22.7 Å². The number of aliphatic hydroxyl groups is 1. The van der Waals surface area contributed by atoms with E-state index in [0.717, 1.165) is 28.1 Å². The van der Waals surface area contributed by atoms with E-state index in [0.29, 0.717) is 31.7 Å². The van der Waals surface area contributed by atoms with E-state index in [1.807, 2.05) is 80.8 Å². The lowest BCUT2D eigenvalue weighted by Gasteiger charge is -2.22. The number of anilines is 1. The summed E-state index contributed by atoms with van der Waals surface area (Å²) in [7, 11) is 3.49. The molecule has 38 heavy (non-hydrogen) atoms. The summed E-state index contributed by atoms with van der Waals surface area (Å²) in [5, 5.41) is 26.7. The highest BCUT2D eigenvalue weighted by Gasteiger charge is 2.45. The third-order valence-electron chi connectivity index (χ3n) is 7.33. The number of rotatable bonds is 8. The summed E-state index contributed by atoms with van der Waals surface area (Å²) in [6.07, 6.45) is 5.18. The standard InChI is InChI=1S/C29H34N6O3/c1-20-26(22-18-30-34(2)19-22)33-35(23-12-8-5-9-13-23)27(20)32-28(36)31-25-17-29(37,14-15-38-3)16-24(25)21-10-6-4-7-11-21/h4-13,18-19,24-25,37H,14-17H2,1-3H3,(H2,31,32,36)/t24-,25+,29+/m0/s1. The fraction of sp³-hybridized carbons (Fsp3) is 0.345. The Morgan fingerprint density at radius 2 is 1.84 bits per heavy atom. The van der Waals surface area contributed by atoms with Gasteiger partial charge < -0.3 is 15.2 Å². The predicted octanol–water partition coefficient (Wildman–Crippen LogP) is 4.42. The van der Waals surface area contributed by atoms with Crippen LogP contribution in [0.4, 0.5) is 10.6 Å². The summed E-state index contributed by atoms with van der Waals surface area (Å²) in [4.78, 5) is 13.5. The fourth-order valence-electron chi connectivity index (χ4n) is 5.41. The second-order valence-corrected chi connectivity index (χ2v) is 10.1. The van der Waals surface area contributed by atoms with Gasteiger partial charge in [0, 0.05) is 50.0 Å². The van der Waals surface area contributed by atoms with Crippen molar-refractivity contribution < 1.29 is 14.6 Å². The maximum atomic E-state index is 13.5. The van der Waals surface area contributed by atoms with Gasteiger partial charge in [-0.3, -0.25) is 10.00 Å². The largest absolute Gasteiger partial charge is 0.390 e. The Balaban J connectivity index is 1.43. The first-order valence-corrected chi connectivity index (χ1v) is 12.8. The minimum absolute atomic E-state index is 0.0186. The van der Waals surface area contributed by atoms with Crippen LogP contribution in [0.1, 0.15) is 36.3 Å². The van der Waals surface area contributed by atoms with Gasteiger partial charge in [0.1, 0.15) is 11.5 Å². The molecule has 198 valence electrons. The van der Waals surface area contributed by atoms with Gasteiger partial charge in [-0.25, -0.2) is 9.48 Å². The van der Waals surface area contributed by atoms with Crippen molar-refractivity contribution >= 4 is 11.8 Å². The molecule has 1 fully saturated rings. The third kappa shape index (κ3) is 5.34. The van der Waals surface area contributed by atoms with Crippen molar-refractivity contribution in [3.05, 3.63) is 84.2 Å². The zero-order chi connectivity index (χ0) is 26.7. The SMILES string of the molecule is COCC[C@]1(O)C[C@@H](NC(=O)Nc2c(C)c(-c3cnn(C)c3)nn2-c2ccccc2)[C@H](c2ccccc2)C1. The van der Waals surface area contributed by atoms with Crippen molar-refractivity contribution in [1.82, 2.24) is 24.9 Å². The van der Waals surface area contributed by atoms with E-state index in [4.69, 9.17) is 9.84 Å². The zero-order valence-corrected chi connectivity index (χ0v) is 22.0. The van der Waals surface area contributed by atoms with E-state index >= 15 is 0 Å². The van der Waals surface area contributed by atoms with Crippen molar-refractivity contribution in [3.63, 3.8) is 0 Å². The molecule has 0 bridgehead atoms. The highest BCUT2D eigenvalue weighted by Crippen LogP contribution is 2.43. The highest BCUT2D eigenvalue weighted by atomic mass is 16.5. The first kappa shape index (κ1) is 25.7. The maximum absolute atomic E-state index is 13.5. The molecule has 1 aliphatic rings. The normalized spacial score (nSPS) is 20.9. The van der Waals surface area contributed by atoms with Crippen molar-refractivity contribution in [2.24, 2.45) is 7.05 Å². The van der Waals surface area contributed by atoms with Crippen LogP contribution in [0.5, 0.6) is 0 Å². The Morgan fingerprint density at radius 1 is 1.13 bits per heavy atom. The Bertz CT molecular complexity index is 1380. The molecule has 0 aliphatic heterocycles. The number of aromatic nitrogens is 4. The number of ether oxygens (including phenoxy) is 1. The second kappa shape index (κ2) is 10.8. The number of nitrogens with zero attached hydrogens (tertiary/aromatic N) is 4. The fourth-order valence-corrected chi connectivity index (χ4v) is 5.41. The van der Waals surface area contributed by atoms with Crippen LogP contribution < -0.4 is 10.6 Å². The van der Waals surface area contributed by atoms with Crippen LogP contribution in [-0.2, 0) is 11.8 Å². The molecule has 0 saturated heterocycles. The predicted molar refractivity (Wildman–Crippen MR) is 146 cm³/mol. The van der Waals surface area contributed by atoms with Crippen LogP contribution in [0.3, 0.4) is 0 Å². The molecular formula is C29H34N6O3. The molecule has 2 aromatic carbocycles. The zero-order valence-electron chi connectivity index (χ0n) is 22.0. The lowest BCUT2D eigenvalue weighted by atomic mass is 9.92. The van der Waals surface area contributed by atoms with Crippen LogP contribution in [-0.4, -0.2) is 56.1 Å². The number of carbonyl (C=O) groups is 1. The van der Waals surface area contributed by atoms with Crippen LogP contribution in [0.25, 0.3) is 16.9 Å². The molecule has 2 heterocycles. The van der Waals surface area contributed by atoms with E-state index < -0.39 is 5.60 Å². The molecule has 9 nitrogen and oxygen atoms in total. The Labute approximate surface area is 222 Å². The molecule has 1 saturated carbocycles. The molecule has 0 unspecified atom stereocenters. The topological polar surface area (TPSA) is 106 Å². The number of nitrogens with one attached hydrogen (secondary N) is 2. The number of hydrogen-bond donors (Lipinski definition) is 3. The number of methoxy groups -OCH3 is 1. The van der Waals surface area contributed by atoms with E-state index in [1.165, 1.54) is 0 Å². The van der Waals surface area contributed by atoms with Gasteiger partial charge in [0.2, 0.25) is 0 Å². The summed E-state index contributed by atoms with van der Waals surface area (Å²) in [6, 6.07) is 19.2. The summed E-state index contributed by atoms with van der Waals surface area (Å²) in [5.41, 5.74) is 3.46. The van der Waals surface area contributed by atoms with Gasteiger partial charge in [-0.2, -0.15) is 10.2 Å². The number of amides is 2. The van der Waals surface area contributed by atoms with Gasteiger partial charge in [-0.1, -0.05) is 48.5 Å². The number of para-hydroxylation sites is 1. The number of carbonyl (C=O) groups excluding carboxylic acids is 1. The van der Waals surface area contributed by atoms with Crippen molar-refractivity contribution in [2.45, 2.75) is 43.7 Å². The van der Waals surface area contributed by atoms with Crippen molar-refractivity contribution in [2.75, 3.05) is 19.0 Å². The van der Waals surface area contributed by atoms with Crippen molar-refractivity contribution in [1.29, 1.82) is 0 Å². The lowest BCUT2D eigenvalue weighted by Crippen LogP contribution is -2.41. The second-order valence-electron chi connectivity index (χ2n) is 10.1. The first-order valence-electron chi connectivity index (χ1n) is 12.8. The molecule has 0 radical (unpaired) electrons. The molecule has 5 rings (SSSR count). The molecule has 2 aromatic heterocycles. The Kier molecular flexibility index (Phi) is 7.31. The molecule has 0 spiro atoms. The number of hydrogen-bond acceptors (Lipinski definition) is 5. The van der Waals surface area contributed by atoms with Crippen LogP contribution in [0, 0.1) is 6.92 Å². The highest BCUT2D eigenvalue weighted by molar-refractivity contribution is 5.91. The lowest BCUT2D eigenvalue weighted by molar-refractivity contribution is 0.0119. The number of aryl methyl sites for hydroxylation is 1. The van der Waals surface area contributed by atoms with Crippen LogP contribution in [0.15, 0.2) is 73.1 Å². The monoisotopic (exact) mass is 514 g/mol. The minimum Gasteiger partial charge on any atom is -0.390 e. The Hall–Kier alpha value is -3.95. The van der Waals surface area contributed by atoms with E-state index in [2.05, 4.69) is 15.7 Å². The van der Waals surface area contributed by atoms with Gasteiger partial charge in [0.05, 0.1) is 17.5 Å². The van der Waals surface area contributed by atoms with E-state index in [9.17, 15) is 9.90 Å². The average Bonchev–Trinajstić information content (AvgIpc) is 3.59. The number of urea groups is 1. The Morgan fingerprint density at radius 3 is 2.50 bits per heavy atom. The summed E-state index contributed by atoms with van der Waals surface area (Å²) >= 11 is 0. The van der Waals surface area contributed by atoms with Gasteiger partial charge in [-0.15, -0.1) is 0 Å². The van der Waals surface area contributed by atoms with E-state index in [-0.39, 0.29) is 18.0 Å². The molecule has 2 amide bonds. The summed E-state index contributed by atoms with van der Waals surface area (Å²) in [6.45, 7) is 2.40. The molecule has 3 atom stereocenters. The van der Waals surface area contributed by atoms with Gasteiger partial charge in [0.15, 0.2) is 0 Å². The molecule has 1 aliphatic carbocycles. The van der Waals surface area contributed by atoms with Crippen LogP contribution >= 0.6 is 0 Å². The minimum atomic E-state index is -0.913. The van der Waals surface area contributed by atoms with Gasteiger partial charge in [-0.05, 0) is 43.9 Å². The summed E-state index contributed by atoms with van der Waals surface area (Å²) in [5.74, 6) is 0.561. The molecule has 9 heteroatoms. The smallest absolute Gasteiger partial charge is 0.320 e. The summed E-state index contributed by atoms with van der Waals surface area (Å²) < 4.78 is 8.71. The molecular weight excluding hydrogens is 480 g/mol. The third-order valence-corrected chi connectivity index (χ3v) is 7.33.